The van der Waals surface area contributed by atoms with Gasteiger partial charge < -0.3 is 15.0 Å². The molecule has 0 spiro atoms. The van der Waals surface area contributed by atoms with Crippen molar-refractivity contribution in [3.05, 3.63) is 30.1 Å². The number of aromatic amines is 1. The predicted octanol–water partition coefficient (Wildman–Crippen LogP) is 1.29. The molecule has 1 heterocycles. The molecule has 2 N–H and O–H groups in total. The van der Waals surface area contributed by atoms with Gasteiger partial charge in [-0.1, -0.05) is 6.07 Å². The predicted molar refractivity (Wildman–Crippen MR) is 65.0 cm³/mol. The van der Waals surface area contributed by atoms with Crippen LogP contribution in [0.4, 0.5) is 0 Å². The molecule has 2 aromatic rings. The number of likely N-dealkylation sites (N-methyl/N-ethyl adjacent to an activating group) is 1. The van der Waals surface area contributed by atoms with Crippen LogP contribution in [0.1, 0.15) is 11.5 Å². The number of hydrogen-bond acceptors (Lipinski definition) is 3. The fourth-order valence-electron chi connectivity index (χ4n) is 1.86. The van der Waals surface area contributed by atoms with Gasteiger partial charge in [-0.2, -0.15) is 0 Å². The summed E-state index contributed by atoms with van der Waals surface area (Å²) in [7, 11) is 3.73. The minimum atomic E-state index is -0.808. The summed E-state index contributed by atoms with van der Waals surface area (Å²) in [6, 6.07) is 5.52. The molecule has 1 unspecified atom stereocenters. The Bertz CT molecular complexity index is 533. The van der Waals surface area contributed by atoms with Crippen LogP contribution in [-0.4, -0.2) is 46.6 Å². The molecule has 1 aromatic heterocycles. The van der Waals surface area contributed by atoms with Crippen molar-refractivity contribution in [2.75, 3.05) is 20.6 Å². The number of carbonyl (C=O) groups is 1. The molecule has 0 bridgehead atoms. The maximum absolute atomic E-state index is 11.3. The summed E-state index contributed by atoms with van der Waals surface area (Å²) in [5.41, 5.74) is 2.51. The van der Waals surface area contributed by atoms with Crippen LogP contribution in [0.15, 0.2) is 24.5 Å². The lowest BCUT2D eigenvalue weighted by Gasteiger charge is -2.17. The average Bonchev–Trinajstić information content (AvgIpc) is 2.72. The van der Waals surface area contributed by atoms with E-state index in [1.165, 1.54) is 0 Å². The molecular formula is C12H15N3O2. The summed E-state index contributed by atoms with van der Waals surface area (Å²) in [5.74, 6) is -1.32. The van der Waals surface area contributed by atoms with E-state index < -0.39 is 11.9 Å². The van der Waals surface area contributed by atoms with Crippen LogP contribution >= 0.6 is 0 Å². The second-order valence-electron chi connectivity index (χ2n) is 4.33. The highest BCUT2D eigenvalue weighted by Gasteiger charge is 2.20. The molecule has 5 nitrogen and oxygen atoms in total. The summed E-state index contributed by atoms with van der Waals surface area (Å²) >= 11 is 0. The Morgan fingerprint density at radius 3 is 2.94 bits per heavy atom. The monoisotopic (exact) mass is 233 g/mol. The number of carboxylic acid groups (broad SMARTS) is 1. The van der Waals surface area contributed by atoms with E-state index in [1.807, 2.05) is 37.2 Å². The van der Waals surface area contributed by atoms with Gasteiger partial charge in [-0.05, 0) is 31.8 Å². The van der Waals surface area contributed by atoms with E-state index in [0.29, 0.717) is 6.54 Å². The Kier molecular flexibility index (Phi) is 3.10. The smallest absolute Gasteiger partial charge is 0.312 e. The fraction of sp³-hybridized carbons (Fsp3) is 0.333. The van der Waals surface area contributed by atoms with Crippen LogP contribution < -0.4 is 0 Å². The third-order valence-corrected chi connectivity index (χ3v) is 2.69. The standard InChI is InChI=1S/C12H15N3O2/c1-15(2)6-9(12(16)17)8-3-4-10-11(5-8)14-7-13-10/h3-5,7,9H,6H2,1-2H3,(H,13,14)(H,16,17). The summed E-state index contributed by atoms with van der Waals surface area (Å²) in [6.45, 7) is 0.481. The van der Waals surface area contributed by atoms with Gasteiger partial charge in [-0.15, -0.1) is 0 Å². The number of H-pyrrole nitrogens is 1. The topological polar surface area (TPSA) is 69.2 Å². The molecule has 0 aliphatic heterocycles. The highest BCUT2D eigenvalue weighted by atomic mass is 16.4. The zero-order valence-corrected chi connectivity index (χ0v) is 9.84. The molecule has 0 aliphatic rings. The third-order valence-electron chi connectivity index (χ3n) is 2.69. The van der Waals surface area contributed by atoms with Crippen molar-refractivity contribution in [2.45, 2.75) is 5.92 Å². The third kappa shape index (κ3) is 2.45. The minimum absolute atomic E-state index is 0.481. The summed E-state index contributed by atoms with van der Waals surface area (Å²) in [6.07, 6.45) is 1.61. The second-order valence-corrected chi connectivity index (χ2v) is 4.33. The first kappa shape index (κ1) is 11.6. The molecule has 17 heavy (non-hydrogen) atoms. The number of fused-ring (bicyclic) bond motifs is 1. The van der Waals surface area contributed by atoms with Crippen LogP contribution in [0.3, 0.4) is 0 Å². The molecule has 1 atom stereocenters. The van der Waals surface area contributed by atoms with Gasteiger partial charge in [0.15, 0.2) is 0 Å². The maximum atomic E-state index is 11.3. The lowest BCUT2D eigenvalue weighted by molar-refractivity contribution is -0.139. The van der Waals surface area contributed by atoms with Gasteiger partial charge in [0.1, 0.15) is 0 Å². The van der Waals surface area contributed by atoms with E-state index in [2.05, 4.69) is 9.97 Å². The molecule has 0 radical (unpaired) electrons. The van der Waals surface area contributed by atoms with Crippen LogP contribution in [0.2, 0.25) is 0 Å². The van der Waals surface area contributed by atoms with E-state index in [-0.39, 0.29) is 0 Å². The quantitative estimate of drug-likeness (QED) is 0.835. The van der Waals surface area contributed by atoms with Crippen molar-refractivity contribution in [1.29, 1.82) is 0 Å². The van der Waals surface area contributed by atoms with Crippen molar-refractivity contribution in [1.82, 2.24) is 14.9 Å². The zero-order valence-electron chi connectivity index (χ0n) is 9.84. The summed E-state index contributed by atoms with van der Waals surface area (Å²) in [4.78, 5) is 20.2. The Morgan fingerprint density at radius 2 is 2.29 bits per heavy atom. The van der Waals surface area contributed by atoms with E-state index in [0.717, 1.165) is 16.6 Å². The lowest BCUT2D eigenvalue weighted by atomic mass is 9.98. The molecule has 0 saturated heterocycles. The Morgan fingerprint density at radius 1 is 1.53 bits per heavy atom. The van der Waals surface area contributed by atoms with Crippen LogP contribution in [-0.2, 0) is 4.79 Å². The first-order chi connectivity index (χ1) is 8.08. The fourth-order valence-corrected chi connectivity index (χ4v) is 1.86. The molecule has 0 aliphatic carbocycles. The number of nitrogens with zero attached hydrogens (tertiary/aromatic N) is 2. The van der Waals surface area contributed by atoms with Gasteiger partial charge in [0.05, 0.1) is 23.3 Å². The van der Waals surface area contributed by atoms with Crippen molar-refractivity contribution < 1.29 is 9.90 Å². The molecule has 0 fully saturated rings. The van der Waals surface area contributed by atoms with Crippen LogP contribution in [0.25, 0.3) is 11.0 Å². The van der Waals surface area contributed by atoms with Gasteiger partial charge >= 0.3 is 5.97 Å². The van der Waals surface area contributed by atoms with Crippen LogP contribution in [0, 0.1) is 0 Å². The molecule has 5 heteroatoms. The molecule has 0 saturated carbocycles. The molecule has 2 rings (SSSR count). The highest BCUT2D eigenvalue weighted by molar-refractivity contribution is 5.80. The number of nitrogens with one attached hydrogen (secondary N) is 1. The number of aliphatic carboxylic acids is 1. The van der Waals surface area contributed by atoms with Gasteiger partial charge in [0.2, 0.25) is 0 Å². The van der Waals surface area contributed by atoms with Gasteiger partial charge in [0.25, 0.3) is 0 Å². The number of benzene rings is 1. The van der Waals surface area contributed by atoms with Gasteiger partial charge in [-0.25, -0.2) is 4.98 Å². The Hall–Kier alpha value is -1.88. The number of imidazole rings is 1. The van der Waals surface area contributed by atoms with Crippen molar-refractivity contribution in [2.24, 2.45) is 0 Å². The second kappa shape index (κ2) is 4.55. The molecule has 90 valence electrons. The largest absolute Gasteiger partial charge is 0.481 e. The maximum Gasteiger partial charge on any atom is 0.312 e. The van der Waals surface area contributed by atoms with E-state index in [1.54, 1.807) is 6.33 Å². The number of rotatable bonds is 4. The first-order valence-corrected chi connectivity index (χ1v) is 5.38. The van der Waals surface area contributed by atoms with E-state index in [4.69, 9.17) is 0 Å². The Balaban J connectivity index is 2.37. The number of hydrogen-bond donors (Lipinski definition) is 2. The summed E-state index contributed by atoms with van der Waals surface area (Å²) in [5, 5.41) is 9.25. The van der Waals surface area contributed by atoms with Gasteiger partial charge in [-0.3, -0.25) is 4.79 Å². The highest BCUT2D eigenvalue weighted by Crippen LogP contribution is 2.20. The van der Waals surface area contributed by atoms with Crippen molar-refractivity contribution >= 4 is 17.0 Å². The van der Waals surface area contributed by atoms with E-state index in [9.17, 15) is 9.90 Å². The van der Waals surface area contributed by atoms with Crippen molar-refractivity contribution in [3.8, 4) is 0 Å². The summed E-state index contributed by atoms with van der Waals surface area (Å²) < 4.78 is 0. The van der Waals surface area contributed by atoms with Gasteiger partial charge in [0, 0.05) is 6.54 Å². The van der Waals surface area contributed by atoms with Crippen LogP contribution in [0.5, 0.6) is 0 Å². The SMILES string of the molecule is CN(C)CC(C(=O)O)c1ccc2nc[nH]c2c1. The lowest BCUT2D eigenvalue weighted by Crippen LogP contribution is -2.25. The number of carboxylic acids is 1. The minimum Gasteiger partial charge on any atom is -0.481 e. The first-order valence-electron chi connectivity index (χ1n) is 5.38. The zero-order chi connectivity index (χ0) is 12.4. The molecule has 0 amide bonds. The normalized spacial score (nSPS) is 13.1. The van der Waals surface area contributed by atoms with E-state index >= 15 is 0 Å². The Labute approximate surface area is 99.1 Å². The van der Waals surface area contributed by atoms with Crippen molar-refractivity contribution in [3.63, 3.8) is 0 Å². The number of aromatic nitrogens is 2. The average molecular weight is 233 g/mol. The molecular weight excluding hydrogens is 218 g/mol. The molecule has 1 aromatic carbocycles.